The number of aromatic nitrogens is 1. The second-order valence-corrected chi connectivity index (χ2v) is 5.59. The number of hydrogen-bond acceptors (Lipinski definition) is 4. The second-order valence-electron chi connectivity index (χ2n) is 5.59. The molecule has 2 heterocycles. The molecule has 0 saturated heterocycles. The number of carbonyl (C=O) groups is 1. The van der Waals surface area contributed by atoms with E-state index >= 15 is 0 Å². The summed E-state index contributed by atoms with van der Waals surface area (Å²) in [6, 6.07) is 13.4. The molecule has 0 radical (unpaired) electrons. The first-order chi connectivity index (χ1) is 11.2. The first kappa shape index (κ1) is 13.9. The van der Waals surface area contributed by atoms with Crippen molar-refractivity contribution in [3.63, 3.8) is 0 Å². The molecule has 0 N–H and O–H groups in total. The molecule has 1 aliphatic heterocycles. The summed E-state index contributed by atoms with van der Waals surface area (Å²) in [6.07, 6.45) is 1.78. The Morgan fingerprint density at radius 2 is 1.96 bits per heavy atom. The van der Waals surface area contributed by atoms with Crippen molar-refractivity contribution in [1.29, 1.82) is 0 Å². The molecule has 0 unspecified atom stereocenters. The largest absolute Gasteiger partial charge is 0.421 e. The van der Waals surface area contributed by atoms with Crippen molar-refractivity contribution in [3.05, 3.63) is 71.0 Å². The Balaban J connectivity index is 1.75. The highest BCUT2D eigenvalue weighted by molar-refractivity contribution is 6.05. The molecular formula is C19H15NO3. The van der Waals surface area contributed by atoms with Gasteiger partial charge in [0.2, 0.25) is 0 Å². The highest BCUT2D eigenvalue weighted by atomic mass is 16.5. The van der Waals surface area contributed by atoms with Crippen molar-refractivity contribution in [2.75, 3.05) is 0 Å². The number of carbonyl (C=O) groups excluding carboxylic acids is 1. The van der Waals surface area contributed by atoms with Crippen LogP contribution in [0, 0.1) is 6.92 Å². The normalized spacial score (nSPS) is 13.1. The molecule has 0 amide bonds. The molecule has 0 bridgehead atoms. The fourth-order valence-electron chi connectivity index (χ4n) is 2.91. The first-order valence-electron chi connectivity index (χ1n) is 7.49. The third-order valence-electron chi connectivity index (χ3n) is 4.11. The van der Waals surface area contributed by atoms with Crippen LogP contribution in [-0.4, -0.2) is 11.0 Å². The topological polar surface area (TPSA) is 48.4 Å². The molecular weight excluding hydrogens is 290 g/mol. The van der Waals surface area contributed by atoms with Crippen LogP contribution in [0.2, 0.25) is 0 Å². The van der Waals surface area contributed by atoms with Gasteiger partial charge < -0.3 is 9.47 Å². The predicted octanol–water partition coefficient (Wildman–Crippen LogP) is 3.79. The number of ether oxygens (including phenoxy) is 2. The van der Waals surface area contributed by atoms with Gasteiger partial charge in [0.15, 0.2) is 5.75 Å². The maximum atomic E-state index is 12.7. The minimum Gasteiger partial charge on any atom is -0.421 e. The summed E-state index contributed by atoms with van der Waals surface area (Å²) >= 11 is 0. The molecule has 1 aromatic heterocycles. The van der Waals surface area contributed by atoms with Crippen LogP contribution in [0.4, 0.5) is 0 Å². The van der Waals surface area contributed by atoms with Crippen molar-refractivity contribution in [2.24, 2.45) is 0 Å². The molecule has 0 atom stereocenters. The van der Waals surface area contributed by atoms with Crippen LogP contribution in [-0.2, 0) is 18.0 Å². The van der Waals surface area contributed by atoms with E-state index in [1.165, 1.54) is 0 Å². The molecule has 4 nitrogen and oxygen atoms in total. The van der Waals surface area contributed by atoms with E-state index in [4.69, 9.17) is 9.47 Å². The number of rotatable bonds is 2. The number of pyridine rings is 1. The zero-order valence-electron chi connectivity index (χ0n) is 12.7. The van der Waals surface area contributed by atoms with Gasteiger partial charge in [-0.15, -0.1) is 0 Å². The van der Waals surface area contributed by atoms with Gasteiger partial charge in [-0.2, -0.15) is 0 Å². The van der Waals surface area contributed by atoms with Crippen molar-refractivity contribution >= 4 is 16.7 Å². The summed E-state index contributed by atoms with van der Waals surface area (Å²) in [5.74, 6) is 0.157. The summed E-state index contributed by atoms with van der Waals surface area (Å²) in [5, 5.41) is 1.90. The van der Waals surface area contributed by atoms with Crippen molar-refractivity contribution in [1.82, 2.24) is 4.98 Å². The summed E-state index contributed by atoms with van der Waals surface area (Å²) in [7, 11) is 0. The summed E-state index contributed by atoms with van der Waals surface area (Å²) < 4.78 is 11.1. The monoisotopic (exact) mass is 305 g/mol. The molecule has 3 aromatic rings. The number of hydrogen-bond donors (Lipinski definition) is 0. The van der Waals surface area contributed by atoms with Gasteiger partial charge in [0.05, 0.1) is 24.5 Å². The zero-order chi connectivity index (χ0) is 15.8. The lowest BCUT2D eigenvalue weighted by Crippen LogP contribution is -2.12. The molecule has 2 aromatic carbocycles. The Hall–Kier alpha value is -2.72. The Morgan fingerprint density at radius 3 is 2.87 bits per heavy atom. The van der Waals surface area contributed by atoms with E-state index in [2.05, 4.69) is 4.98 Å². The van der Waals surface area contributed by atoms with E-state index in [-0.39, 0.29) is 5.97 Å². The third kappa shape index (κ3) is 2.37. The smallest absolute Gasteiger partial charge is 0.344 e. The Morgan fingerprint density at radius 1 is 1.13 bits per heavy atom. The van der Waals surface area contributed by atoms with E-state index in [9.17, 15) is 4.79 Å². The third-order valence-corrected chi connectivity index (χ3v) is 4.11. The average Bonchev–Trinajstić information content (AvgIpc) is 3.05. The van der Waals surface area contributed by atoms with Crippen LogP contribution in [0.1, 0.15) is 27.2 Å². The minimum atomic E-state index is -0.369. The molecule has 1 aliphatic rings. The highest BCUT2D eigenvalue weighted by Crippen LogP contribution is 2.32. The van der Waals surface area contributed by atoms with E-state index in [1.807, 2.05) is 43.3 Å². The van der Waals surface area contributed by atoms with Gasteiger partial charge >= 0.3 is 5.97 Å². The number of nitrogens with zero attached hydrogens (tertiary/aromatic N) is 1. The molecule has 4 heteroatoms. The van der Waals surface area contributed by atoms with E-state index < -0.39 is 0 Å². The van der Waals surface area contributed by atoms with Gasteiger partial charge in [0.1, 0.15) is 0 Å². The van der Waals surface area contributed by atoms with Crippen LogP contribution in [0.3, 0.4) is 0 Å². The van der Waals surface area contributed by atoms with Crippen LogP contribution in [0.5, 0.6) is 5.75 Å². The lowest BCUT2D eigenvalue weighted by atomic mass is 10.0. The van der Waals surface area contributed by atoms with Crippen LogP contribution in [0.25, 0.3) is 10.8 Å². The number of benzene rings is 2. The fraction of sp³-hybridized carbons (Fsp3) is 0.158. The van der Waals surface area contributed by atoms with Crippen molar-refractivity contribution < 1.29 is 14.3 Å². The van der Waals surface area contributed by atoms with Gasteiger partial charge in [-0.25, -0.2) is 4.79 Å². The quantitative estimate of drug-likeness (QED) is 0.676. The Labute approximate surface area is 133 Å². The molecule has 4 rings (SSSR count). The minimum absolute atomic E-state index is 0.369. The Kier molecular flexibility index (Phi) is 3.32. The molecule has 114 valence electrons. The number of esters is 1. The fourth-order valence-corrected chi connectivity index (χ4v) is 2.91. The molecule has 0 aliphatic carbocycles. The summed E-state index contributed by atoms with van der Waals surface area (Å²) in [5.41, 5.74) is 3.16. The van der Waals surface area contributed by atoms with Gasteiger partial charge in [0.25, 0.3) is 0 Å². The van der Waals surface area contributed by atoms with Gasteiger partial charge in [-0.1, -0.05) is 36.4 Å². The van der Waals surface area contributed by atoms with E-state index in [1.54, 1.807) is 12.3 Å². The average molecular weight is 305 g/mol. The maximum absolute atomic E-state index is 12.7. The predicted molar refractivity (Wildman–Crippen MR) is 86.4 cm³/mol. The van der Waals surface area contributed by atoms with Gasteiger partial charge in [-0.3, -0.25) is 4.98 Å². The molecule has 0 spiro atoms. The number of aryl methyl sites for hydroxylation is 1. The lowest BCUT2D eigenvalue weighted by Gasteiger charge is -2.12. The van der Waals surface area contributed by atoms with Crippen LogP contribution >= 0.6 is 0 Å². The van der Waals surface area contributed by atoms with Crippen molar-refractivity contribution in [3.8, 4) is 5.75 Å². The standard InChI is InChI=1S/C19H15NO3/c1-12-18(17-11-22-10-14(17)9-20-12)23-19(21)16-8-4-6-13-5-2-3-7-15(13)16/h2-9H,10-11H2,1H3. The first-order valence-corrected chi connectivity index (χ1v) is 7.49. The second kappa shape index (κ2) is 5.48. The number of fused-ring (bicyclic) bond motifs is 2. The molecule has 0 fully saturated rings. The zero-order valence-corrected chi connectivity index (χ0v) is 12.7. The maximum Gasteiger partial charge on any atom is 0.344 e. The lowest BCUT2D eigenvalue weighted by molar-refractivity contribution is 0.0729. The van der Waals surface area contributed by atoms with Crippen LogP contribution < -0.4 is 4.74 Å². The van der Waals surface area contributed by atoms with Gasteiger partial charge in [0, 0.05) is 17.3 Å². The van der Waals surface area contributed by atoms with E-state index in [0.29, 0.717) is 30.2 Å². The van der Waals surface area contributed by atoms with Gasteiger partial charge in [-0.05, 0) is 23.8 Å². The van der Waals surface area contributed by atoms with Crippen LogP contribution in [0.15, 0.2) is 48.7 Å². The summed E-state index contributed by atoms with van der Waals surface area (Å²) in [6.45, 7) is 2.81. The Bertz CT molecular complexity index is 912. The molecule has 0 saturated carbocycles. The van der Waals surface area contributed by atoms with E-state index in [0.717, 1.165) is 21.9 Å². The van der Waals surface area contributed by atoms with Crippen molar-refractivity contribution in [2.45, 2.75) is 20.1 Å². The SMILES string of the molecule is Cc1ncc2c(c1OC(=O)c1cccc3ccccc13)COC2. The summed E-state index contributed by atoms with van der Waals surface area (Å²) in [4.78, 5) is 17.0. The highest BCUT2D eigenvalue weighted by Gasteiger charge is 2.22. The molecule has 23 heavy (non-hydrogen) atoms.